The molecule has 1 amide bonds. The Morgan fingerprint density at radius 3 is 2.71 bits per heavy atom. The Labute approximate surface area is 141 Å². The molecule has 2 heterocycles. The molecular formula is C16H20N4O3S. The van der Waals surface area contributed by atoms with Crippen molar-refractivity contribution in [1.29, 1.82) is 0 Å². The van der Waals surface area contributed by atoms with Crippen LogP contribution >= 0.6 is 0 Å². The average Bonchev–Trinajstić information content (AvgIpc) is 3.19. The summed E-state index contributed by atoms with van der Waals surface area (Å²) < 4.78 is 23.5. The molecule has 1 aliphatic heterocycles. The van der Waals surface area contributed by atoms with E-state index < -0.39 is 9.84 Å². The second-order valence-electron chi connectivity index (χ2n) is 5.91. The van der Waals surface area contributed by atoms with Crippen LogP contribution in [0.5, 0.6) is 0 Å². The second kappa shape index (κ2) is 6.72. The van der Waals surface area contributed by atoms with Crippen LogP contribution in [0.3, 0.4) is 0 Å². The van der Waals surface area contributed by atoms with Crippen molar-refractivity contribution in [3.05, 3.63) is 42.2 Å². The third-order valence-corrected chi connectivity index (χ3v) is 5.82. The highest BCUT2D eigenvalue weighted by Gasteiger charge is 2.35. The summed E-state index contributed by atoms with van der Waals surface area (Å²) in [7, 11) is -3.05. The normalized spacial score (nSPS) is 19.3. The zero-order chi connectivity index (χ0) is 17.2. The Hall–Kier alpha value is -2.22. The van der Waals surface area contributed by atoms with Gasteiger partial charge in [0.1, 0.15) is 0 Å². The average molecular weight is 348 g/mol. The molecule has 1 saturated heterocycles. The lowest BCUT2D eigenvalue weighted by Gasteiger charge is -2.26. The first-order valence-electron chi connectivity index (χ1n) is 7.99. The van der Waals surface area contributed by atoms with Crippen molar-refractivity contribution in [3.8, 4) is 5.69 Å². The van der Waals surface area contributed by atoms with Crippen molar-refractivity contribution in [1.82, 2.24) is 19.9 Å². The first kappa shape index (κ1) is 16.6. The lowest BCUT2D eigenvalue weighted by atomic mass is 10.2. The third kappa shape index (κ3) is 3.48. The summed E-state index contributed by atoms with van der Waals surface area (Å²) in [5.74, 6) is -0.0888. The van der Waals surface area contributed by atoms with E-state index in [-0.39, 0.29) is 29.1 Å². The fourth-order valence-electron chi connectivity index (χ4n) is 2.91. The van der Waals surface area contributed by atoms with Crippen molar-refractivity contribution in [3.63, 3.8) is 0 Å². The Kier molecular flexibility index (Phi) is 4.66. The van der Waals surface area contributed by atoms with Gasteiger partial charge in [0, 0.05) is 12.6 Å². The number of carbonyl (C=O) groups is 1. The predicted octanol–water partition coefficient (Wildman–Crippen LogP) is 1.31. The molecular weight excluding hydrogens is 328 g/mol. The van der Waals surface area contributed by atoms with E-state index >= 15 is 0 Å². The molecule has 0 spiro atoms. The fraction of sp³-hybridized carbons (Fsp3) is 0.438. The predicted molar refractivity (Wildman–Crippen MR) is 89.7 cm³/mol. The second-order valence-corrected chi connectivity index (χ2v) is 8.14. The van der Waals surface area contributed by atoms with Crippen LogP contribution in [0, 0.1) is 0 Å². The molecule has 0 radical (unpaired) electrons. The van der Waals surface area contributed by atoms with E-state index in [0.717, 1.165) is 12.1 Å². The number of rotatable bonds is 5. The van der Waals surface area contributed by atoms with Crippen LogP contribution in [-0.4, -0.2) is 58.3 Å². The molecule has 1 unspecified atom stereocenters. The van der Waals surface area contributed by atoms with Gasteiger partial charge in [-0.1, -0.05) is 25.1 Å². The summed E-state index contributed by atoms with van der Waals surface area (Å²) in [6.07, 6.45) is 2.68. The SMILES string of the molecule is CCCN(C(=O)c1cnn(-c2ccccc2)n1)C1CCS(=O)(=O)C1. The van der Waals surface area contributed by atoms with Gasteiger partial charge in [-0.3, -0.25) is 4.79 Å². The minimum absolute atomic E-state index is 0.0333. The topological polar surface area (TPSA) is 85.2 Å². The number of amides is 1. The first-order chi connectivity index (χ1) is 11.5. The third-order valence-electron chi connectivity index (χ3n) is 4.07. The van der Waals surface area contributed by atoms with Gasteiger partial charge in [-0.15, -0.1) is 5.10 Å². The van der Waals surface area contributed by atoms with Crippen LogP contribution in [0.25, 0.3) is 5.69 Å². The number of hydrogen-bond acceptors (Lipinski definition) is 5. The van der Waals surface area contributed by atoms with Gasteiger partial charge >= 0.3 is 0 Å². The smallest absolute Gasteiger partial charge is 0.276 e. The molecule has 0 saturated carbocycles. The van der Waals surface area contributed by atoms with Gasteiger partial charge in [0.15, 0.2) is 15.5 Å². The molecule has 8 heteroatoms. The van der Waals surface area contributed by atoms with Crippen molar-refractivity contribution < 1.29 is 13.2 Å². The van der Waals surface area contributed by atoms with Gasteiger partial charge in [0.25, 0.3) is 5.91 Å². The Balaban J connectivity index is 1.82. The zero-order valence-electron chi connectivity index (χ0n) is 13.5. The molecule has 24 heavy (non-hydrogen) atoms. The molecule has 7 nitrogen and oxygen atoms in total. The Morgan fingerprint density at radius 2 is 2.08 bits per heavy atom. The highest BCUT2D eigenvalue weighted by atomic mass is 32.2. The molecule has 128 valence electrons. The molecule has 0 bridgehead atoms. The van der Waals surface area contributed by atoms with E-state index in [4.69, 9.17) is 0 Å². The minimum atomic E-state index is -3.05. The Bertz CT molecular complexity index is 817. The molecule has 1 fully saturated rings. The summed E-state index contributed by atoms with van der Waals surface area (Å²) in [5.41, 5.74) is 0.999. The molecule has 1 atom stereocenters. The van der Waals surface area contributed by atoms with E-state index in [1.165, 1.54) is 11.0 Å². The highest BCUT2D eigenvalue weighted by Crippen LogP contribution is 2.20. The van der Waals surface area contributed by atoms with E-state index in [1.54, 1.807) is 4.90 Å². The largest absolute Gasteiger partial charge is 0.333 e. The van der Waals surface area contributed by atoms with Crippen molar-refractivity contribution >= 4 is 15.7 Å². The molecule has 1 aromatic carbocycles. The summed E-state index contributed by atoms with van der Waals surface area (Å²) in [4.78, 5) is 15.8. The maximum Gasteiger partial charge on any atom is 0.276 e. The molecule has 0 N–H and O–H groups in total. The van der Waals surface area contributed by atoms with Crippen molar-refractivity contribution in [2.24, 2.45) is 0 Å². The van der Waals surface area contributed by atoms with Crippen LogP contribution in [0.4, 0.5) is 0 Å². The highest BCUT2D eigenvalue weighted by molar-refractivity contribution is 7.91. The van der Waals surface area contributed by atoms with Crippen LogP contribution in [0.1, 0.15) is 30.3 Å². The Morgan fingerprint density at radius 1 is 1.33 bits per heavy atom. The molecule has 0 aliphatic carbocycles. The summed E-state index contributed by atoms with van der Waals surface area (Å²) in [5, 5.41) is 8.40. The lowest BCUT2D eigenvalue weighted by Crippen LogP contribution is -2.41. The number of carbonyl (C=O) groups excluding carboxylic acids is 1. The van der Waals surface area contributed by atoms with E-state index in [9.17, 15) is 13.2 Å². The van der Waals surface area contributed by atoms with Crippen molar-refractivity contribution in [2.75, 3.05) is 18.1 Å². The van der Waals surface area contributed by atoms with Crippen LogP contribution < -0.4 is 0 Å². The zero-order valence-corrected chi connectivity index (χ0v) is 14.3. The van der Waals surface area contributed by atoms with E-state index in [0.29, 0.717) is 13.0 Å². The van der Waals surface area contributed by atoms with E-state index in [2.05, 4.69) is 10.2 Å². The number of para-hydroxylation sites is 1. The minimum Gasteiger partial charge on any atom is -0.333 e. The van der Waals surface area contributed by atoms with Gasteiger partial charge in [-0.2, -0.15) is 9.90 Å². The summed E-state index contributed by atoms with van der Waals surface area (Å²) in [6.45, 7) is 2.47. The number of sulfone groups is 1. The molecule has 3 rings (SSSR count). The molecule has 2 aromatic rings. The van der Waals surface area contributed by atoms with Gasteiger partial charge in [0.05, 0.1) is 23.4 Å². The van der Waals surface area contributed by atoms with E-state index in [1.807, 2.05) is 37.3 Å². The quantitative estimate of drug-likeness (QED) is 0.813. The fourth-order valence-corrected chi connectivity index (χ4v) is 4.64. The summed E-state index contributed by atoms with van der Waals surface area (Å²) in [6, 6.07) is 9.05. The number of benzene rings is 1. The standard InChI is InChI=1S/C16H20N4O3S/c1-2-9-19(14-8-10-24(22,23)12-14)16(21)15-11-17-20(18-15)13-6-4-3-5-7-13/h3-7,11,14H,2,8-10,12H2,1H3. The van der Waals surface area contributed by atoms with Crippen LogP contribution in [-0.2, 0) is 9.84 Å². The van der Waals surface area contributed by atoms with Gasteiger partial charge in [0.2, 0.25) is 0 Å². The van der Waals surface area contributed by atoms with Gasteiger partial charge in [-0.25, -0.2) is 8.42 Å². The van der Waals surface area contributed by atoms with Crippen LogP contribution in [0.2, 0.25) is 0 Å². The monoisotopic (exact) mass is 348 g/mol. The molecule has 1 aliphatic rings. The first-order valence-corrected chi connectivity index (χ1v) is 9.81. The number of aromatic nitrogens is 3. The number of hydrogen-bond donors (Lipinski definition) is 0. The number of nitrogens with zero attached hydrogens (tertiary/aromatic N) is 4. The molecule has 1 aromatic heterocycles. The summed E-state index contributed by atoms with van der Waals surface area (Å²) >= 11 is 0. The van der Waals surface area contributed by atoms with Gasteiger partial charge < -0.3 is 4.90 Å². The van der Waals surface area contributed by atoms with Crippen LogP contribution in [0.15, 0.2) is 36.5 Å². The van der Waals surface area contributed by atoms with Gasteiger partial charge in [-0.05, 0) is 25.0 Å². The van der Waals surface area contributed by atoms with Crippen molar-refractivity contribution in [2.45, 2.75) is 25.8 Å². The maximum atomic E-state index is 12.8. The lowest BCUT2D eigenvalue weighted by molar-refractivity contribution is 0.0690. The maximum absolute atomic E-state index is 12.8.